The second-order valence-corrected chi connectivity index (χ2v) is 7.95. The fourth-order valence-corrected chi connectivity index (χ4v) is 4.16. The predicted octanol–water partition coefficient (Wildman–Crippen LogP) is 1.42. The number of rotatable bonds is 5. The minimum Gasteiger partial charge on any atom is -0.493 e. The molecule has 0 aliphatic carbocycles. The molecule has 0 saturated carbocycles. The fraction of sp³-hybridized carbons (Fsp3) is 0.391. The van der Waals surface area contributed by atoms with Gasteiger partial charge in [0.15, 0.2) is 11.5 Å². The number of piperazine rings is 1. The van der Waals surface area contributed by atoms with Crippen LogP contribution in [0.15, 0.2) is 36.4 Å². The Bertz CT molecular complexity index is 1000. The first-order valence-electron chi connectivity index (χ1n) is 10.6. The van der Waals surface area contributed by atoms with Gasteiger partial charge < -0.3 is 24.4 Å². The van der Waals surface area contributed by atoms with Gasteiger partial charge in [0.2, 0.25) is 12.7 Å². The van der Waals surface area contributed by atoms with Crippen LogP contribution in [0.3, 0.4) is 0 Å². The van der Waals surface area contributed by atoms with Crippen molar-refractivity contribution >= 4 is 11.8 Å². The summed E-state index contributed by atoms with van der Waals surface area (Å²) in [6.07, 6.45) is 0.976. The van der Waals surface area contributed by atoms with Crippen molar-refractivity contribution < 1.29 is 23.8 Å². The Morgan fingerprint density at radius 3 is 2.58 bits per heavy atom. The minimum absolute atomic E-state index is 0.0158. The van der Waals surface area contributed by atoms with Crippen LogP contribution in [0.4, 0.5) is 0 Å². The molecule has 5 rings (SSSR count). The number of hydrogen-bond donors (Lipinski definition) is 1. The van der Waals surface area contributed by atoms with Crippen LogP contribution in [0.25, 0.3) is 0 Å². The molecule has 0 radical (unpaired) electrons. The maximum atomic E-state index is 12.5. The molecule has 1 N–H and O–H groups in total. The molecular formula is C23H25N3O5. The molecule has 0 bridgehead atoms. The fourth-order valence-electron chi connectivity index (χ4n) is 4.16. The van der Waals surface area contributed by atoms with E-state index in [-0.39, 0.29) is 25.2 Å². The Kier molecular flexibility index (Phi) is 5.38. The van der Waals surface area contributed by atoms with Crippen LogP contribution in [-0.2, 0) is 17.8 Å². The number of amides is 2. The highest BCUT2D eigenvalue weighted by Crippen LogP contribution is 2.32. The van der Waals surface area contributed by atoms with Gasteiger partial charge in [0.1, 0.15) is 5.75 Å². The van der Waals surface area contributed by atoms with Gasteiger partial charge in [-0.3, -0.25) is 14.5 Å². The number of nitrogens with one attached hydrogen (secondary N) is 1. The maximum absolute atomic E-state index is 12.5. The molecule has 0 spiro atoms. The molecule has 1 fully saturated rings. The van der Waals surface area contributed by atoms with Gasteiger partial charge in [-0.05, 0) is 35.4 Å². The predicted molar refractivity (Wildman–Crippen MR) is 112 cm³/mol. The van der Waals surface area contributed by atoms with Crippen LogP contribution < -0.4 is 19.5 Å². The normalized spacial score (nSPS) is 17.2. The van der Waals surface area contributed by atoms with Crippen LogP contribution in [0, 0.1) is 0 Å². The van der Waals surface area contributed by atoms with Crippen molar-refractivity contribution in [1.82, 2.24) is 15.1 Å². The molecule has 0 atom stereocenters. The van der Waals surface area contributed by atoms with Gasteiger partial charge in [-0.2, -0.15) is 0 Å². The zero-order chi connectivity index (χ0) is 21.2. The summed E-state index contributed by atoms with van der Waals surface area (Å²) in [5.74, 6) is 1.81. The topological polar surface area (TPSA) is 80.3 Å². The average molecular weight is 423 g/mol. The summed E-state index contributed by atoms with van der Waals surface area (Å²) in [5, 5.41) is 2.71. The van der Waals surface area contributed by atoms with E-state index in [1.54, 1.807) is 18.2 Å². The number of carbonyl (C=O) groups is 2. The van der Waals surface area contributed by atoms with E-state index >= 15 is 0 Å². The summed E-state index contributed by atoms with van der Waals surface area (Å²) >= 11 is 0. The standard InChI is InChI=1S/C23H25N3O5/c27-22(13-24-23(28)18-2-4-20-21(12-18)31-15-30-20)26-8-6-25(7-9-26)14-16-1-3-19-17(11-16)5-10-29-19/h1-4,11-12H,5-10,13-15H2,(H,24,28). The summed E-state index contributed by atoms with van der Waals surface area (Å²) in [6, 6.07) is 11.4. The van der Waals surface area contributed by atoms with E-state index < -0.39 is 0 Å². The van der Waals surface area contributed by atoms with Crippen molar-refractivity contribution in [1.29, 1.82) is 0 Å². The van der Waals surface area contributed by atoms with E-state index in [2.05, 4.69) is 28.4 Å². The SMILES string of the molecule is O=C(NCC(=O)N1CCN(Cc2ccc3c(c2)CCO3)CC1)c1ccc2c(c1)OCO2. The lowest BCUT2D eigenvalue weighted by atomic mass is 10.1. The van der Waals surface area contributed by atoms with Gasteiger partial charge in [-0.1, -0.05) is 12.1 Å². The van der Waals surface area contributed by atoms with Crippen molar-refractivity contribution in [2.75, 3.05) is 46.1 Å². The van der Waals surface area contributed by atoms with Gasteiger partial charge in [0.25, 0.3) is 5.91 Å². The van der Waals surface area contributed by atoms with Crippen LogP contribution in [0.5, 0.6) is 17.2 Å². The van der Waals surface area contributed by atoms with Crippen molar-refractivity contribution in [2.45, 2.75) is 13.0 Å². The van der Waals surface area contributed by atoms with Crippen molar-refractivity contribution in [2.24, 2.45) is 0 Å². The summed E-state index contributed by atoms with van der Waals surface area (Å²) in [6.45, 7) is 4.73. The Hall–Kier alpha value is -3.26. The van der Waals surface area contributed by atoms with E-state index in [4.69, 9.17) is 14.2 Å². The second kappa shape index (κ2) is 8.47. The Morgan fingerprint density at radius 1 is 0.903 bits per heavy atom. The smallest absolute Gasteiger partial charge is 0.251 e. The highest BCUT2D eigenvalue weighted by atomic mass is 16.7. The number of ether oxygens (including phenoxy) is 3. The van der Waals surface area contributed by atoms with Gasteiger partial charge in [0.05, 0.1) is 13.2 Å². The molecule has 8 nitrogen and oxygen atoms in total. The van der Waals surface area contributed by atoms with Crippen molar-refractivity contribution in [3.8, 4) is 17.2 Å². The number of nitrogens with zero attached hydrogens (tertiary/aromatic N) is 2. The molecule has 8 heteroatoms. The molecule has 3 aliphatic heterocycles. The Labute approximate surface area is 180 Å². The first-order valence-corrected chi connectivity index (χ1v) is 10.6. The van der Waals surface area contributed by atoms with E-state index in [1.165, 1.54) is 11.1 Å². The minimum atomic E-state index is -0.300. The molecular weight excluding hydrogens is 398 g/mol. The third-order valence-electron chi connectivity index (χ3n) is 5.92. The Morgan fingerprint density at radius 2 is 1.71 bits per heavy atom. The van der Waals surface area contributed by atoms with Crippen LogP contribution in [0.2, 0.25) is 0 Å². The molecule has 2 aromatic carbocycles. The second-order valence-electron chi connectivity index (χ2n) is 7.95. The third-order valence-corrected chi connectivity index (χ3v) is 5.92. The third kappa shape index (κ3) is 4.29. The lowest BCUT2D eigenvalue weighted by Crippen LogP contribution is -2.50. The lowest BCUT2D eigenvalue weighted by molar-refractivity contribution is -0.131. The van der Waals surface area contributed by atoms with E-state index in [0.29, 0.717) is 30.2 Å². The first kappa shape index (κ1) is 19.7. The van der Waals surface area contributed by atoms with E-state index in [0.717, 1.165) is 38.4 Å². The Balaban J connectivity index is 1.08. The largest absolute Gasteiger partial charge is 0.493 e. The number of fused-ring (bicyclic) bond motifs is 2. The van der Waals surface area contributed by atoms with Gasteiger partial charge in [0, 0.05) is 44.7 Å². The van der Waals surface area contributed by atoms with Gasteiger partial charge in [-0.25, -0.2) is 0 Å². The molecule has 31 heavy (non-hydrogen) atoms. The molecule has 3 aliphatic rings. The monoisotopic (exact) mass is 423 g/mol. The first-order chi connectivity index (χ1) is 15.2. The van der Waals surface area contributed by atoms with Crippen LogP contribution >= 0.6 is 0 Å². The zero-order valence-electron chi connectivity index (χ0n) is 17.3. The average Bonchev–Trinajstić information content (AvgIpc) is 3.46. The molecule has 0 unspecified atom stereocenters. The number of hydrogen-bond acceptors (Lipinski definition) is 6. The zero-order valence-corrected chi connectivity index (χ0v) is 17.3. The number of carbonyl (C=O) groups excluding carboxylic acids is 2. The van der Waals surface area contributed by atoms with E-state index in [1.807, 2.05) is 4.90 Å². The van der Waals surface area contributed by atoms with Crippen LogP contribution in [-0.4, -0.2) is 67.7 Å². The van der Waals surface area contributed by atoms with Crippen molar-refractivity contribution in [3.05, 3.63) is 53.1 Å². The lowest BCUT2D eigenvalue weighted by Gasteiger charge is -2.34. The van der Waals surface area contributed by atoms with Crippen LogP contribution in [0.1, 0.15) is 21.5 Å². The summed E-state index contributed by atoms with van der Waals surface area (Å²) < 4.78 is 16.1. The molecule has 1 saturated heterocycles. The molecule has 162 valence electrons. The summed E-state index contributed by atoms with van der Waals surface area (Å²) in [5.41, 5.74) is 3.01. The van der Waals surface area contributed by atoms with E-state index in [9.17, 15) is 9.59 Å². The highest BCUT2D eigenvalue weighted by molar-refractivity contribution is 5.97. The molecule has 3 heterocycles. The summed E-state index contributed by atoms with van der Waals surface area (Å²) in [4.78, 5) is 29.1. The maximum Gasteiger partial charge on any atom is 0.251 e. The van der Waals surface area contributed by atoms with Crippen molar-refractivity contribution in [3.63, 3.8) is 0 Å². The highest BCUT2D eigenvalue weighted by Gasteiger charge is 2.23. The molecule has 2 amide bonds. The van der Waals surface area contributed by atoms with Gasteiger partial charge >= 0.3 is 0 Å². The van der Waals surface area contributed by atoms with Gasteiger partial charge in [-0.15, -0.1) is 0 Å². The molecule has 2 aromatic rings. The summed E-state index contributed by atoms with van der Waals surface area (Å²) in [7, 11) is 0. The number of benzene rings is 2. The quantitative estimate of drug-likeness (QED) is 0.784. The molecule has 0 aromatic heterocycles.